The Balaban J connectivity index is 2.26. The number of halogens is 3. The van der Waals surface area contributed by atoms with E-state index in [9.17, 15) is 26.4 Å². The molecule has 7 nitrogen and oxygen atoms in total. The summed E-state index contributed by atoms with van der Waals surface area (Å²) in [6.07, 6.45) is -5.03. The minimum atomic E-state index is -5.03. The number of nitrogens with two attached hydrogens (primary N) is 1. The molecule has 2 rings (SSSR count). The van der Waals surface area contributed by atoms with Crippen molar-refractivity contribution < 1.29 is 31.1 Å². The molecule has 0 aliphatic carbocycles. The summed E-state index contributed by atoms with van der Waals surface area (Å²) in [4.78, 5) is 10.0. The topological polar surface area (TPSA) is 111 Å². The molecular formula is C14H12F3N3O4S. The third kappa shape index (κ3) is 5.28. The fraction of sp³-hybridized carbons (Fsp3) is 0.0714. The third-order valence-corrected chi connectivity index (χ3v) is 4.19. The van der Waals surface area contributed by atoms with E-state index < -0.39 is 33.1 Å². The van der Waals surface area contributed by atoms with E-state index in [-0.39, 0.29) is 5.69 Å². The maximum absolute atomic E-state index is 12.4. The maximum atomic E-state index is 12.4. The van der Waals surface area contributed by atoms with Gasteiger partial charge in [-0.05, 0) is 36.4 Å². The molecule has 0 bridgehead atoms. The average molecular weight is 375 g/mol. The molecule has 0 spiro atoms. The van der Waals surface area contributed by atoms with Crippen LogP contribution >= 0.6 is 0 Å². The van der Waals surface area contributed by atoms with Crippen molar-refractivity contribution in [3.8, 4) is 5.75 Å². The molecule has 0 radical (unpaired) electrons. The Morgan fingerprint density at radius 1 is 1.00 bits per heavy atom. The summed E-state index contributed by atoms with van der Waals surface area (Å²) in [6, 6.07) is 8.87. The summed E-state index contributed by atoms with van der Waals surface area (Å²) in [5.74, 6) is -0.852. The van der Waals surface area contributed by atoms with Crippen LogP contribution in [-0.2, 0) is 10.0 Å². The number of carbonyl (C=O) groups is 1. The number of rotatable bonds is 5. The van der Waals surface area contributed by atoms with Gasteiger partial charge in [0, 0.05) is 11.4 Å². The standard InChI is InChI=1S/C14H12F3N3O4S/c15-14(16,17)24-11-3-1-2-4-12(11)25(22,23)20-10-7-5-9(6-8-10)19-13(18)21/h1-8,20H,(H3,18,19,21). The lowest BCUT2D eigenvalue weighted by Gasteiger charge is -2.14. The highest BCUT2D eigenvalue weighted by Crippen LogP contribution is 2.30. The van der Waals surface area contributed by atoms with Crippen LogP contribution in [0.3, 0.4) is 0 Å². The fourth-order valence-corrected chi connectivity index (χ4v) is 3.04. The first-order chi connectivity index (χ1) is 11.6. The summed E-state index contributed by atoms with van der Waals surface area (Å²) in [5, 5.41) is 2.28. The van der Waals surface area contributed by atoms with E-state index in [2.05, 4.69) is 14.8 Å². The second-order valence-corrected chi connectivity index (χ2v) is 6.32. The number of ether oxygens (including phenoxy) is 1. The zero-order valence-electron chi connectivity index (χ0n) is 12.4. The minimum Gasteiger partial charge on any atom is -0.404 e. The molecule has 25 heavy (non-hydrogen) atoms. The number of hydrogen-bond donors (Lipinski definition) is 3. The molecule has 4 N–H and O–H groups in total. The van der Waals surface area contributed by atoms with Crippen LogP contribution in [0, 0.1) is 0 Å². The second-order valence-electron chi connectivity index (χ2n) is 4.67. The number of carbonyl (C=O) groups excluding carboxylic acids is 1. The normalized spacial score (nSPS) is 11.6. The van der Waals surface area contributed by atoms with Crippen molar-refractivity contribution in [3.63, 3.8) is 0 Å². The number of benzene rings is 2. The Morgan fingerprint density at radius 3 is 2.12 bits per heavy atom. The molecule has 0 aromatic heterocycles. The van der Waals surface area contributed by atoms with Gasteiger partial charge < -0.3 is 15.8 Å². The largest absolute Gasteiger partial charge is 0.573 e. The van der Waals surface area contributed by atoms with Crippen molar-refractivity contribution in [2.75, 3.05) is 10.0 Å². The molecule has 0 unspecified atom stereocenters. The number of hydrogen-bond acceptors (Lipinski definition) is 4. The first kappa shape index (κ1) is 18.4. The van der Waals surface area contributed by atoms with Crippen molar-refractivity contribution in [3.05, 3.63) is 48.5 Å². The van der Waals surface area contributed by atoms with Crippen LogP contribution in [-0.4, -0.2) is 20.8 Å². The van der Waals surface area contributed by atoms with Crippen molar-refractivity contribution in [2.24, 2.45) is 5.73 Å². The van der Waals surface area contributed by atoms with E-state index in [1.807, 2.05) is 0 Å². The molecule has 134 valence electrons. The van der Waals surface area contributed by atoms with Gasteiger partial charge in [-0.2, -0.15) is 0 Å². The molecule has 0 aliphatic heterocycles. The van der Waals surface area contributed by atoms with E-state index in [4.69, 9.17) is 5.73 Å². The summed E-state index contributed by atoms with van der Waals surface area (Å²) in [5.41, 5.74) is 5.32. The summed E-state index contributed by atoms with van der Waals surface area (Å²) < 4.78 is 67.7. The maximum Gasteiger partial charge on any atom is 0.573 e. The van der Waals surface area contributed by atoms with Gasteiger partial charge in [0.25, 0.3) is 10.0 Å². The van der Waals surface area contributed by atoms with Crippen molar-refractivity contribution >= 4 is 27.4 Å². The van der Waals surface area contributed by atoms with Gasteiger partial charge in [0.15, 0.2) is 0 Å². The van der Waals surface area contributed by atoms with Gasteiger partial charge in [-0.15, -0.1) is 13.2 Å². The van der Waals surface area contributed by atoms with Crippen LogP contribution in [0.5, 0.6) is 5.75 Å². The van der Waals surface area contributed by atoms with Gasteiger partial charge in [0.2, 0.25) is 0 Å². The molecule has 11 heteroatoms. The van der Waals surface area contributed by atoms with Crippen LogP contribution in [0.4, 0.5) is 29.3 Å². The zero-order chi connectivity index (χ0) is 18.7. The lowest BCUT2D eigenvalue weighted by atomic mass is 10.3. The smallest absolute Gasteiger partial charge is 0.404 e. The number of alkyl halides is 3. The number of urea groups is 1. The first-order valence-electron chi connectivity index (χ1n) is 6.61. The molecule has 0 fully saturated rings. The highest BCUT2D eigenvalue weighted by Gasteiger charge is 2.34. The predicted molar refractivity (Wildman–Crippen MR) is 83.6 cm³/mol. The van der Waals surface area contributed by atoms with E-state index in [0.717, 1.165) is 12.1 Å². The Bertz CT molecular complexity index is 868. The Kier molecular flexibility index (Phi) is 5.07. The summed E-state index contributed by atoms with van der Waals surface area (Å²) >= 11 is 0. The highest BCUT2D eigenvalue weighted by atomic mass is 32.2. The SMILES string of the molecule is NC(=O)Nc1ccc(NS(=O)(=O)c2ccccc2OC(F)(F)F)cc1. The molecule has 0 heterocycles. The summed E-state index contributed by atoms with van der Waals surface area (Å²) in [6.45, 7) is 0. The van der Waals surface area contributed by atoms with Gasteiger partial charge in [-0.3, -0.25) is 4.72 Å². The van der Waals surface area contributed by atoms with Crippen molar-refractivity contribution in [2.45, 2.75) is 11.3 Å². The quantitative estimate of drug-likeness (QED) is 0.746. The molecule has 0 aliphatic rings. The second kappa shape index (κ2) is 6.89. The lowest BCUT2D eigenvalue weighted by molar-refractivity contribution is -0.275. The van der Waals surface area contributed by atoms with Gasteiger partial charge in [0.1, 0.15) is 10.6 Å². The van der Waals surface area contributed by atoms with Gasteiger partial charge in [-0.25, -0.2) is 13.2 Å². The average Bonchev–Trinajstić information content (AvgIpc) is 2.47. The number of para-hydroxylation sites is 1. The Labute approximate surface area is 140 Å². The number of primary amides is 1. The molecule has 2 aromatic carbocycles. The van der Waals surface area contributed by atoms with E-state index >= 15 is 0 Å². The molecule has 2 amide bonds. The van der Waals surface area contributed by atoms with Gasteiger partial charge in [0.05, 0.1) is 0 Å². The van der Waals surface area contributed by atoms with E-state index in [1.165, 1.54) is 36.4 Å². The Hall–Kier alpha value is -2.95. The summed E-state index contributed by atoms with van der Waals surface area (Å²) in [7, 11) is -4.34. The van der Waals surface area contributed by atoms with E-state index in [0.29, 0.717) is 5.69 Å². The Morgan fingerprint density at radius 2 is 1.56 bits per heavy atom. The highest BCUT2D eigenvalue weighted by molar-refractivity contribution is 7.92. The van der Waals surface area contributed by atoms with Crippen LogP contribution in [0.1, 0.15) is 0 Å². The first-order valence-corrected chi connectivity index (χ1v) is 8.09. The van der Waals surface area contributed by atoms with E-state index in [1.54, 1.807) is 0 Å². The number of amides is 2. The zero-order valence-corrected chi connectivity index (χ0v) is 13.2. The number of nitrogens with one attached hydrogen (secondary N) is 2. The van der Waals surface area contributed by atoms with Crippen LogP contribution < -0.4 is 20.5 Å². The van der Waals surface area contributed by atoms with Crippen LogP contribution in [0.2, 0.25) is 0 Å². The molecule has 0 atom stereocenters. The third-order valence-electron chi connectivity index (χ3n) is 2.77. The van der Waals surface area contributed by atoms with Gasteiger partial charge >= 0.3 is 12.4 Å². The van der Waals surface area contributed by atoms with Crippen molar-refractivity contribution in [1.29, 1.82) is 0 Å². The predicted octanol–water partition coefficient (Wildman–Crippen LogP) is 2.88. The number of anilines is 2. The van der Waals surface area contributed by atoms with Crippen LogP contribution in [0.15, 0.2) is 53.4 Å². The molecule has 2 aromatic rings. The molecule has 0 saturated heterocycles. The fourth-order valence-electron chi connectivity index (χ4n) is 1.86. The monoisotopic (exact) mass is 375 g/mol. The number of sulfonamides is 1. The lowest BCUT2D eigenvalue weighted by Crippen LogP contribution is -2.21. The van der Waals surface area contributed by atoms with Crippen LogP contribution in [0.25, 0.3) is 0 Å². The molecule has 0 saturated carbocycles. The minimum absolute atomic E-state index is 0.0665. The van der Waals surface area contributed by atoms with Gasteiger partial charge in [-0.1, -0.05) is 12.1 Å². The molecular weight excluding hydrogens is 363 g/mol. The van der Waals surface area contributed by atoms with Crippen molar-refractivity contribution in [1.82, 2.24) is 0 Å².